The van der Waals surface area contributed by atoms with Gasteiger partial charge in [0.25, 0.3) is 0 Å². The lowest BCUT2D eigenvalue weighted by molar-refractivity contribution is 0.263. The van der Waals surface area contributed by atoms with Gasteiger partial charge in [0, 0.05) is 22.8 Å². The number of halogens is 1. The second-order valence-electron chi connectivity index (χ2n) is 5.91. The summed E-state index contributed by atoms with van der Waals surface area (Å²) in [6.45, 7) is 1.20. The molecule has 1 heterocycles. The Bertz CT molecular complexity index is 415. The molecular weight excluding hydrogens is 256 g/mol. The fourth-order valence-corrected chi connectivity index (χ4v) is 3.88. The topological polar surface area (TPSA) is 24.1 Å². The lowest BCUT2D eigenvalue weighted by atomic mass is 9.79. The minimum absolute atomic E-state index is 0.600. The molecule has 0 spiro atoms. The van der Waals surface area contributed by atoms with E-state index in [0.717, 1.165) is 17.0 Å². The maximum atomic E-state index is 6.07. The summed E-state index contributed by atoms with van der Waals surface area (Å²) in [7, 11) is 0. The van der Waals surface area contributed by atoms with Crippen molar-refractivity contribution < 1.29 is 0 Å². The van der Waals surface area contributed by atoms with E-state index in [4.69, 9.17) is 11.6 Å². The Morgan fingerprint density at radius 2 is 2.00 bits per heavy atom. The number of benzene rings is 1. The highest BCUT2D eigenvalue weighted by molar-refractivity contribution is 6.30. The normalized spacial score (nSPS) is 31.3. The molecule has 2 nitrogen and oxygen atoms in total. The van der Waals surface area contributed by atoms with Crippen molar-refractivity contribution in [3.63, 3.8) is 0 Å². The quantitative estimate of drug-likeness (QED) is 0.871. The Hall–Kier alpha value is -0.730. The van der Waals surface area contributed by atoms with E-state index in [1.54, 1.807) is 0 Å². The molecule has 3 heteroatoms. The van der Waals surface area contributed by atoms with Crippen molar-refractivity contribution in [3.8, 4) is 0 Å². The summed E-state index contributed by atoms with van der Waals surface area (Å²) in [5, 5.41) is 8.23. The van der Waals surface area contributed by atoms with Crippen molar-refractivity contribution in [3.05, 3.63) is 29.3 Å². The summed E-state index contributed by atoms with van der Waals surface area (Å²) in [5.74, 6) is 0.773. The molecule has 3 unspecified atom stereocenters. The summed E-state index contributed by atoms with van der Waals surface area (Å²) in [6, 6.07) is 9.44. The smallest absolute Gasteiger partial charge is 0.0426 e. The van der Waals surface area contributed by atoms with Gasteiger partial charge in [-0.05, 0) is 56.3 Å². The van der Waals surface area contributed by atoms with Gasteiger partial charge in [0.2, 0.25) is 0 Å². The maximum absolute atomic E-state index is 6.07. The van der Waals surface area contributed by atoms with Crippen LogP contribution < -0.4 is 10.6 Å². The van der Waals surface area contributed by atoms with Crippen LogP contribution in [0.25, 0.3) is 0 Å². The molecule has 2 aliphatic rings. The van der Waals surface area contributed by atoms with E-state index in [2.05, 4.69) is 16.7 Å². The van der Waals surface area contributed by atoms with E-state index < -0.39 is 0 Å². The molecule has 0 bridgehead atoms. The second kappa shape index (κ2) is 6.15. The van der Waals surface area contributed by atoms with Crippen LogP contribution in [0.2, 0.25) is 5.02 Å². The zero-order valence-corrected chi connectivity index (χ0v) is 12.1. The molecular formula is C16H23ClN2. The van der Waals surface area contributed by atoms with Gasteiger partial charge < -0.3 is 10.6 Å². The molecule has 3 rings (SSSR count). The molecule has 3 atom stereocenters. The highest BCUT2D eigenvalue weighted by atomic mass is 35.5. The van der Waals surface area contributed by atoms with Crippen LogP contribution in [0.15, 0.2) is 24.3 Å². The largest absolute Gasteiger partial charge is 0.382 e. The fraction of sp³-hybridized carbons (Fsp3) is 0.625. The van der Waals surface area contributed by atoms with Crippen LogP contribution in [-0.2, 0) is 0 Å². The first-order valence-electron chi connectivity index (χ1n) is 7.58. The molecule has 0 aromatic heterocycles. The predicted octanol–water partition coefficient (Wildman–Crippen LogP) is 4.06. The Labute approximate surface area is 120 Å². The van der Waals surface area contributed by atoms with E-state index in [-0.39, 0.29) is 0 Å². The maximum Gasteiger partial charge on any atom is 0.0426 e. The summed E-state index contributed by atoms with van der Waals surface area (Å²) >= 11 is 6.07. The molecule has 1 aliphatic carbocycles. The predicted molar refractivity (Wildman–Crippen MR) is 81.8 cm³/mol. The number of anilines is 1. The Kier molecular flexibility index (Phi) is 4.29. The molecule has 1 saturated heterocycles. The third-order valence-electron chi connectivity index (χ3n) is 4.61. The van der Waals surface area contributed by atoms with Gasteiger partial charge in [-0.3, -0.25) is 0 Å². The van der Waals surface area contributed by atoms with E-state index in [1.165, 1.54) is 50.8 Å². The Morgan fingerprint density at radius 3 is 2.79 bits per heavy atom. The Balaban J connectivity index is 1.69. The van der Waals surface area contributed by atoms with E-state index in [9.17, 15) is 0 Å². The van der Waals surface area contributed by atoms with Crippen LogP contribution in [0.4, 0.5) is 5.69 Å². The SMILES string of the molecule is Clc1cccc(NC2CCCCC2C2CCCN2)c1. The van der Waals surface area contributed by atoms with Crippen LogP contribution >= 0.6 is 11.6 Å². The average molecular weight is 279 g/mol. The minimum Gasteiger partial charge on any atom is -0.382 e. The van der Waals surface area contributed by atoms with Gasteiger partial charge >= 0.3 is 0 Å². The van der Waals surface area contributed by atoms with Crippen molar-refractivity contribution in [1.82, 2.24) is 5.32 Å². The fourth-order valence-electron chi connectivity index (χ4n) is 3.69. The number of hydrogen-bond donors (Lipinski definition) is 2. The van der Waals surface area contributed by atoms with Crippen molar-refractivity contribution in [1.29, 1.82) is 0 Å². The minimum atomic E-state index is 0.600. The van der Waals surface area contributed by atoms with Crippen LogP contribution in [0.5, 0.6) is 0 Å². The first kappa shape index (κ1) is 13.3. The van der Waals surface area contributed by atoms with E-state index in [1.807, 2.05) is 18.2 Å². The van der Waals surface area contributed by atoms with Gasteiger partial charge in [-0.1, -0.05) is 30.5 Å². The first-order chi connectivity index (χ1) is 9.33. The first-order valence-corrected chi connectivity index (χ1v) is 7.96. The van der Waals surface area contributed by atoms with Gasteiger partial charge in [0.1, 0.15) is 0 Å². The van der Waals surface area contributed by atoms with Crippen molar-refractivity contribution in [2.24, 2.45) is 5.92 Å². The summed E-state index contributed by atoms with van der Waals surface area (Å²) in [4.78, 5) is 0. The molecule has 0 amide bonds. The second-order valence-corrected chi connectivity index (χ2v) is 6.35. The third-order valence-corrected chi connectivity index (χ3v) is 4.85. The van der Waals surface area contributed by atoms with Crippen molar-refractivity contribution in [2.75, 3.05) is 11.9 Å². The van der Waals surface area contributed by atoms with Crippen LogP contribution in [0, 0.1) is 5.92 Å². The average Bonchev–Trinajstić information content (AvgIpc) is 2.93. The number of nitrogens with one attached hydrogen (secondary N) is 2. The van der Waals surface area contributed by atoms with Gasteiger partial charge in [-0.25, -0.2) is 0 Å². The van der Waals surface area contributed by atoms with Gasteiger partial charge in [-0.15, -0.1) is 0 Å². The molecule has 2 fully saturated rings. The van der Waals surface area contributed by atoms with E-state index >= 15 is 0 Å². The van der Waals surface area contributed by atoms with Crippen LogP contribution in [0.3, 0.4) is 0 Å². The highest BCUT2D eigenvalue weighted by Crippen LogP contribution is 2.32. The third kappa shape index (κ3) is 3.24. The number of hydrogen-bond acceptors (Lipinski definition) is 2. The standard InChI is InChI=1S/C16H23ClN2/c17-12-5-3-6-13(11-12)19-16-8-2-1-7-14(16)15-9-4-10-18-15/h3,5-6,11,14-16,18-19H,1-2,4,7-10H2. The van der Waals surface area contributed by atoms with Crippen LogP contribution in [-0.4, -0.2) is 18.6 Å². The Morgan fingerprint density at radius 1 is 1.11 bits per heavy atom. The summed E-state index contributed by atoms with van der Waals surface area (Å²) in [5.41, 5.74) is 1.17. The van der Waals surface area contributed by atoms with Crippen LogP contribution in [0.1, 0.15) is 38.5 Å². The lowest BCUT2D eigenvalue weighted by Gasteiger charge is -2.36. The lowest BCUT2D eigenvalue weighted by Crippen LogP contribution is -2.43. The van der Waals surface area contributed by atoms with Gasteiger partial charge in [0.15, 0.2) is 0 Å². The molecule has 19 heavy (non-hydrogen) atoms. The zero-order chi connectivity index (χ0) is 13.1. The van der Waals surface area contributed by atoms with E-state index in [0.29, 0.717) is 6.04 Å². The molecule has 0 radical (unpaired) electrons. The van der Waals surface area contributed by atoms with Crippen molar-refractivity contribution in [2.45, 2.75) is 50.6 Å². The monoisotopic (exact) mass is 278 g/mol. The molecule has 104 valence electrons. The summed E-state index contributed by atoms with van der Waals surface area (Å²) in [6.07, 6.45) is 8.06. The summed E-state index contributed by atoms with van der Waals surface area (Å²) < 4.78 is 0. The molecule has 1 aromatic rings. The molecule has 1 aromatic carbocycles. The zero-order valence-electron chi connectivity index (χ0n) is 11.4. The highest BCUT2D eigenvalue weighted by Gasteiger charge is 2.33. The van der Waals surface area contributed by atoms with Crippen molar-refractivity contribution >= 4 is 17.3 Å². The molecule has 1 saturated carbocycles. The van der Waals surface area contributed by atoms with Gasteiger partial charge in [0.05, 0.1) is 0 Å². The molecule has 2 N–H and O–H groups in total. The van der Waals surface area contributed by atoms with Gasteiger partial charge in [-0.2, -0.15) is 0 Å². The molecule has 1 aliphatic heterocycles. The number of rotatable bonds is 3.